The molecule has 2 heterocycles. The Hall–Kier alpha value is -3.52. The maximum atomic E-state index is 13.4. The average Bonchev–Trinajstić information content (AvgIpc) is 3.32. The molecule has 8 heteroatoms. The van der Waals surface area contributed by atoms with Crippen molar-refractivity contribution in [2.45, 2.75) is 12.5 Å². The predicted molar refractivity (Wildman–Crippen MR) is 123 cm³/mol. The third kappa shape index (κ3) is 4.86. The van der Waals surface area contributed by atoms with E-state index >= 15 is 0 Å². The van der Waals surface area contributed by atoms with Crippen LogP contribution in [-0.2, 0) is 16.0 Å². The highest BCUT2D eigenvalue weighted by atomic mass is 32.1. The first-order valence-electron chi connectivity index (χ1n) is 10.2. The summed E-state index contributed by atoms with van der Waals surface area (Å²) in [5.41, 5.74) is 1.25. The minimum Gasteiger partial charge on any atom is -0.497 e. The Balaban J connectivity index is 1.58. The third-order valence-electron chi connectivity index (χ3n) is 5.18. The van der Waals surface area contributed by atoms with Gasteiger partial charge in [0.15, 0.2) is 11.5 Å². The zero-order chi connectivity index (χ0) is 22.5. The average molecular weight is 453 g/mol. The van der Waals surface area contributed by atoms with E-state index in [1.807, 2.05) is 17.5 Å². The number of ether oxygens (including phenoxy) is 3. The van der Waals surface area contributed by atoms with Gasteiger partial charge >= 0.3 is 0 Å². The Bertz CT molecular complexity index is 1080. The monoisotopic (exact) mass is 452 g/mol. The van der Waals surface area contributed by atoms with E-state index in [4.69, 9.17) is 14.2 Å². The number of fused-ring (bicyclic) bond motifs is 1. The number of carbonyl (C=O) groups is 2. The van der Waals surface area contributed by atoms with Gasteiger partial charge in [0.05, 0.1) is 13.5 Å². The Morgan fingerprint density at radius 3 is 2.53 bits per heavy atom. The summed E-state index contributed by atoms with van der Waals surface area (Å²) in [6, 6.07) is 15.4. The second-order valence-corrected chi connectivity index (χ2v) is 8.32. The number of carbonyl (C=O) groups excluding carboxylic acids is 2. The summed E-state index contributed by atoms with van der Waals surface area (Å²) in [7, 11) is 3.23. The summed E-state index contributed by atoms with van der Waals surface area (Å²) in [6.45, 7) is 0.953. The SMILES string of the molecule is COc1ccc([C@H](C(=O)Nc2ccc3c(c2)OCCO3)N(C)C(=O)Cc2cccs2)cc1. The van der Waals surface area contributed by atoms with Gasteiger partial charge in [0.2, 0.25) is 5.91 Å². The lowest BCUT2D eigenvalue weighted by Crippen LogP contribution is -2.39. The number of amides is 2. The summed E-state index contributed by atoms with van der Waals surface area (Å²) in [4.78, 5) is 28.8. The molecule has 0 saturated heterocycles. The van der Waals surface area contributed by atoms with Crippen LogP contribution >= 0.6 is 11.3 Å². The Kier molecular flexibility index (Phi) is 6.61. The van der Waals surface area contributed by atoms with Crippen molar-refractivity contribution in [1.82, 2.24) is 4.90 Å². The molecular formula is C24H24N2O5S. The largest absolute Gasteiger partial charge is 0.497 e. The lowest BCUT2D eigenvalue weighted by molar-refractivity contribution is -0.136. The molecule has 32 heavy (non-hydrogen) atoms. The minimum absolute atomic E-state index is 0.148. The molecule has 7 nitrogen and oxygen atoms in total. The fourth-order valence-electron chi connectivity index (χ4n) is 3.50. The summed E-state index contributed by atoms with van der Waals surface area (Å²) >= 11 is 1.51. The molecule has 0 unspecified atom stereocenters. The van der Waals surface area contributed by atoms with Crippen molar-refractivity contribution >= 4 is 28.8 Å². The van der Waals surface area contributed by atoms with E-state index < -0.39 is 6.04 Å². The van der Waals surface area contributed by atoms with Crippen molar-refractivity contribution in [2.24, 2.45) is 0 Å². The molecule has 4 rings (SSSR count). The number of methoxy groups -OCH3 is 1. The van der Waals surface area contributed by atoms with Gasteiger partial charge < -0.3 is 24.4 Å². The van der Waals surface area contributed by atoms with Crippen LogP contribution < -0.4 is 19.5 Å². The van der Waals surface area contributed by atoms with Crippen LogP contribution in [0.3, 0.4) is 0 Å². The van der Waals surface area contributed by atoms with E-state index in [1.165, 1.54) is 16.2 Å². The van der Waals surface area contributed by atoms with Crippen LogP contribution in [0.15, 0.2) is 60.0 Å². The first kappa shape index (κ1) is 21.7. The number of thiophene rings is 1. The highest BCUT2D eigenvalue weighted by molar-refractivity contribution is 7.10. The summed E-state index contributed by atoms with van der Waals surface area (Å²) in [5, 5.41) is 4.85. The van der Waals surface area contributed by atoms with Crippen LogP contribution in [0.4, 0.5) is 5.69 Å². The Labute approximate surface area is 190 Å². The molecule has 1 aromatic heterocycles. The maximum Gasteiger partial charge on any atom is 0.251 e. The Morgan fingerprint density at radius 2 is 1.84 bits per heavy atom. The van der Waals surface area contributed by atoms with Crippen molar-refractivity contribution in [3.8, 4) is 17.2 Å². The lowest BCUT2D eigenvalue weighted by atomic mass is 10.0. The predicted octanol–water partition coefficient (Wildman–Crippen LogP) is 3.91. The van der Waals surface area contributed by atoms with Gasteiger partial charge in [-0.05, 0) is 41.3 Å². The molecule has 0 radical (unpaired) electrons. The number of hydrogen-bond donors (Lipinski definition) is 1. The van der Waals surface area contributed by atoms with Crippen LogP contribution in [0.1, 0.15) is 16.5 Å². The molecule has 2 aromatic carbocycles. The van der Waals surface area contributed by atoms with E-state index in [0.717, 1.165) is 4.88 Å². The zero-order valence-electron chi connectivity index (χ0n) is 17.9. The molecule has 166 valence electrons. The molecule has 1 atom stereocenters. The van der Waals surface area contributed by atoms with Crippen LogP contribution in [0.2, 0.25) is 0 Å². The summed E-state index contributed by atoms with van der Waals surface area (Å²) in [5.74, 6) is 1.42. The topological polar surface area (TPSA) is 77.1 Å². The van der Waals surface area contributed by atoms with E-state index in [1.54, 1.807) is 56.6 Å². The van der Waals surface area contributed by atoms with Gasteiger partial charge in [-0.25, -0.2) is 0 Å². The second-order valence-electron chi connectivity index (χ2n) is 7.28. The van der Waals surface area contributed by atoms with Crippen LogP contribution in [-0.4, -0.2) is 44.1 Å². The van der Waals surface area contributed by atoms with Gasteiger partial charge in [-0.2, -0.15) is 0 Å². The van der Waals surface area contributed by atoms with Gasteiger partial charge in [-0.3, -0.25) is 9.59 Å². The van der Waals surface area contributed by atoms with E-state index in [0.29, 0.717) is 41.7 Å². The molecule has 0 aliphatic carbocycles. The molecule has 1 aliphatic heterocycles. The van der Waals surface area contributed by atoms with E-state index in [9.17, 15) is 9.59 Å². The molecular weight excluding hydrogens is 428 g/mol. The minimum atomic E-state index is -0.818. The third-order valence-corrected chi connectivity index (χ3v) is 6.05. The van der Waals surface area contributed by atoms with E-state index in [-0.39, 0.29) is 18.2 Å². The number of rotatable bonds is 7. The fraction of sp³-hybridized carbons (Fsp3) is 0.250. The molecule has 2 amide bonds. The summed E-state index contributed by atoms with van der Waals surface area (Å²) < 4.78 is 16.4. The second kappa shape index (κ2) is 9.74. The first-order valence-corrected chi connectivity index (χ1v) is 11.1. The lowest BCUT2D eigenvalue weighted by Gasteiger charge is -2.28. The molecule has 0 fully saturated rings. The highest BCUT2D eigenvalue weighted by Gasteiger charge is 2.29. The van der Waals surface area contributed by atoms with Gasteiger partial charge in [0, 0.05) is 23.7 Å². The highest BCUT2D eigenvalue weighted by Crippen LogP contribution is 2.33. The number of nitrogens with zero attached hydrogens (tertiary/aromatic N) is 1. The number of benzene rings is 2. The van der Waals surface area contributed by atoms with Crippen molar-refractivity contribution in [2.75, 3.05) is 32.7 Å². The van der Waals surface area contributed by atoms with Crippen molar-refractivity contribution in [3.63, 3.8) is 0 Å². The van der Waals surface area contributed by atoms with Gasteiger partial charge in [-0.1, -0.05) is 18.2 Å². The number of hydrogen-bond acceptors (Lipinski definition) is 6. The molecule has 0 spiro atoms. The summed E-state index contributed by atoms with van der Waals surface area (Å²) in [6.07, 6.45) is 0.234. The molecule has 3 aromatic rings. The van der Waals surface area contributed by atoms with Gasteiger partial charge in [0.1, 0.15) is 25.0 Å². The smallest absolute Gasteiger partial charge is 0.251 e. The van der Waals surface area contributed by atoms with Crippen LogP contribution in [0.5, 0.6) is 17.2 Å². The number of nitrogens with one attached hydrogen (secondary N) is 1. The Morgan fingerprint density at radius 1 is 1.09 bits per heavy atom. The fourth-order valence-corrected chi connectivity index (χ4v) is 4.20. The quantitative estimate of drug-likeness (QED) is 0.588. The molecule has 1 N–H and O–H groups in total. The number of likely N-dealkylation sites (N-methyl/N-ethyl adjacent to an activating group) is 1. The van der Waals surface area contributed by atoms with Crippen LogP contribution in [0, 0.1) is 0 Å². The normalized spacial score (nSPS) is 13.2. The van der Waals surface area contributed by atoms with Crippen LogP contribution in [0.25, 0.3) is 0 Å². The van der Waals surface area contributed by atoms with Crippen molar-refractivity contribution in [1.29, 1.82) is 0 Å². The maximum absolute atomic E-state index is 13.4. The first-order chi connectivity index (χ1) is 15.5. The van der Waals surface area contributed by atoms with Gasteiger partial charge in [0.25, 0.3) is 5.91 Å². The standard InChI is InChI=1S/C24H24N2O5S/c1-26(22(27)15-19-4-3-13-32-19)23(16-5-8-18(29-2)9-6-16)24(28)25-17-7-10-20-21(14-17)31-12-11-30-20/h3-10,13-14,23H,11-12,15H2,1-2H3,(H,25,28)/t23-/m1/s1. The number of anilines is 1. The molecule has 0 bridgehead atoms. The van der Waals surface area contributed by atoms with E-state index in [2.05, 4.69) is 5.32 Å². The zero-order valence-corrected chi connectivity index (χ0v) is 18.7. The van der Waals surface area contributed by atoms with Gasteiger partial charge in [-0.15, -0.1) is 11.3 Å². The molecule has 1 aliphatic rings. The van der Waals surface area contributed by atoms with Crippen molar-refractivity contribution < 1.29 is 23.8 Å². The van der Waals surface area contributed by atoms with Crippen molar-refractivity contribution in [3.05, 3.63) is 70.4 Å². The molecule has 0 saturated carbocycles.